The predicted octanol–water partition coefficient (Wildman–Crippen LogP) is 1.73. The summed E-state index contributed by atoms with van der Waals surface area (Å²) in [6.45, 7) is 6.67. The third-order valence-corrected chi connectivity index (χ3v) is 3.90. The van der Waals surface area contributed by atoms with Gasteiger partial charge in [0.05, 0.1) is 5.39 Å². The van der Waals surface area contributed by atoms with Crippen molar-refractivity contribution in [2.75, 3.05) is 0 Å². The summed E-state index contributed by atoms with van der Waals surface area (Å²) < 4.78 is 2.91. The van der Waals surface area contributed by atoms with Gasteiger partial charge in [-0.3, -0.25) is 13.9 Å². The number of aryl methyl sites for hydroxylation is 1. The van der Waals surface area contributed by atoms with Crippen LogP contribution in [0.15, 0.2) is 15.0 Å². The summed E-state index contributed by atoms with van der Waals surface area (Å²) in [5.41, 5.74) is 0.532. The molecular weight excluding hydrogens is 236 g/mol. The van der Waals surface area contributed by atoms with Gasteiger partial charge in [-0.05, 0) is 23.8 Å². The summed E-state index contributed by atoms with van der Waals surface area (Å²) >= 11 is 1.47. The van der Waals surface area contributed by atoms with Gasteiger partial charge in [-0.2, -0.15) is 0 Å². The van der Waals surface area contributed by atoms with Gasteiger partial charge in [0.2, 0.25) is 0 Å². The molecule has 0 aliphatic carbocycles. The molecule has 17 heavy (non-hydrogen) atoms. The third kappa shape index (κ3) is 1.84. The summed E-state index contributed by atoms with van der Waals surface area (Å²) in [4.78, 5) is 24.9. The molecule has 0 radical (unpaired) electrons. The number of aromatic nitrogens is 2. The predicted molar refractivity (Wildman–Crippen MR) is 70.9 cm³/mol. The van der Waals surface area contributed by atoms with Gasteiger partial charge in [-0.15, -0.1) is 11.3 Å². The molecule has 2 aromatic heterocycles. The zero-order chi connectivity index (χ0) is 12.7. The average Bonchev–Trinajstić information content (AvgIpc) is 2.63. The molecule has 2 aromatic rings. The summed E-state index contributed by atoms with van der Waals surface area (Å²) in [5.74, 6) is 0.371. The quantitative estimate of drug-likeness (QED) is 0.817. The van der Waals surface area contributed by atoms with Gasteiger partial charge in [0.25, 0.3) is 5.56 Å². The molecular formula is C12H16N2O2S. The molecule has 0 fully saturated rings. The lowest BCUT2D eigenvalue weighted by Gasteiger charge is -2.11. The molecule has 0 atom stereocenters. The highest BCUT2D eigenvalue weighted by Gasteiger charge is 2.14. The average molecular weight is 252 g/mol. The molecule has 4 nitrogen and oxygen atoms in total. The highest BCUT2D eigenvalue weighted by Crippen LogP contribution is 2.21. The molecule has 2 rings (SSSR count). The molecule has 0 aromatic carbocycles. The largest absolute Gasteiger partial charge is 0.331 e. The fraction of sp³-hybridized carbons (Fsp3) is 0.500. The van der Waals surface area contributed by atoms with E-state index in [1.165, 1.54) is 23.0 Å². The fourth-order valence-electron chi connectivity index (χ4n) is 1.94. The number of nitrogens with zero attached hydrogens (tertiary/aromatic N) is 2. The van der Waals surface area contributed by atoms with E-state index in [0.29, 0.717) is 17.8 Å². The minimum absolute atomic E-state index is 0.191. The maximum Gasteiger partial charge on any atom is 0.331 e. The molecule has 0 bridgehead atoms. The van der Waals surface area contributed by atoms with Crippen molar-refractivity contribution in [3.8, 4) is 0 Å². The monoisotopic (exact) mass is 252 g/mol. The number of thiophene rings is 1. The van der Waals surface area contributed by atoms with Gasteiger partial charge >= 0.3 is 5.69 Å². The van der Waals surface area contributed by atoms with Crippen LogP contribution in [0.25, 0.3) is 10.2 Å². The van der Waals surface area contributed by atoms with Crippen LogP contribution in [0.2, 0.25) is 0 Å². The Morgan fingerprint density at radius 1 is 1.35 bits per heavy atom. The van der Waals surface area contributed by atoms with E-state index in [1.807, 2.05) is 12.3 Å². The van der Waals surface area contributed by atoms with Crippen molar-refractivity contribution < 1.29 is 0 Å². The van der Waals surface area contributed by atoms with Crippen molar-refractivity contribution >= 4 is 21.6 Å². The van der Waals surface area contributed by atoms with Crippen LogP contribution in [-0.2, 0) is 13.6 Å². The van der Waals surface area contributed by atoms with Crippen LogP contribution in [0.1, 0.15) is 19.4 Å². The molecule has 0 spiro atoms. The molecule has 0 aliphatic rings. The highest BCUT2D eigenvalue weighted by atomic mass is 32.1. The Bertz CT molecular complexity index is 676. The van der Waals surface area contributed by atoms with Gasteiger partial charge in [0.1, 0.15) is 4.83 Å². The van der Waals surface area contributed by atoms with Gasteiger partial charge in [0, 0.05) is 13.6 Å². The van der Waals surface area contributed by atoms with Crippen LogP contribution in [0, 0.1) is 12.8 Å². The Balaban J connectivity index is 2.92. The first-order valence-electron chi connectivity index (χ1n) is 5.61. The molecule has 0 saturated heterocycles. The smallest absolute Gasteiger partial charge is 0.284 e. The van der Waals surface area contributed by atoms with Gasteiger partial charge in [-0.25, -0.2) is 4.79 Å². The van der Waals surface area contributed by atoms with Crippen molar-refractivity contribution in [2.45, 2.75) is 27.3 Å². The Hall–Kier alpha value is -1.36. The molecule has 2 heterocycles. The molecule has 0 unspecified atom stereocenters. The molecule has 0 N–H and O–H groups in total. The van der Waals surface area contributed by atoms with Crippen molar-refractivity contribution in [3.05, 3.63) is 31.8 Å². The summed E-state index contributed by atoms with van der Waals surface area (Å²) in [6.07, 6.45) is 0. The first kappa shape index (κ1) is 12.1. The van der Waals surface area contributed by atoms with Crippen LogP contribution in [0.3, 0.4) is 0 Å². The second-order valence-electron chi connectivity index (χ2n) is 4.75. The summed E-state index contributed by atoms with van der Waals surface area (Å²) in [5, 5.41) is 2.61. The normalized spacial score (nSPS) is 11.6. The van der Waals surface area contributed by atoms with E-state index in [9.17, 15) is 9.59 Å². The first-order chi connectivity index (χ1) is 7.93. The van der Waals surface area contributed by atoms with Gasteiger partial charge < -0.3 is 0 Å². The highest BCUT2D eigenvalue weighted by molar-refractivity contribution is 7.17. The van der Waals surface area contributed by atoms with E-state index in [2.05, 4.69) is 13.8 Å². The van der Waals surface area contributed by atoms with Crippen molar-refractivity contribution in [2.24, 2.45) is 13.0 Å². The molecule has 5 heteroatoms. The van der Waals surface area contributed by atoms with E-state index in [4.69, 9.17) is 0 Å². The molecule has 0 amide bonds. The van der Waals surface area contributed by atoms with E-state index in [-0.39, 0.29) is 11.2 Å². The van der Waals surface area contributed by atoms with E-state index in [1.54, 1.807) is 4.57 Å². The van der Waals surface area contributed by atoms with Crippen molar-refractivity contribution in [1.29, 1.82) is 0 Å². The summed E-state index contributed by atoms with van der Waals surface area (Å²) in [7, 11) is 1.54. The van der Waals surface area contributed by atoms with Crippen LogP contribution in [-0.4, -0.2) is 9.13 Å². The topological polar surface area (TPSA) is 44.0 Å². The van der Waals surface area contributed by atoms with Crippen LogP contribution in [0.5, 0.6) is 0 Å². The maximum atomic E-state index is 12.1. The number of hydrogen-bond donors (Lipinski definition) is 0. The minimum atomic E-state index is -0.224. The Labute approximate surface area is 103 Å². The lowest BCUT2D eigenvalue weighted by atomic mass is 10.2. The lowest BCUT2D eigenvalue weighted by Crippen LogP contribution is -2.38. The third-order valence-electron chi connectivity index (χ3n) is 2.78. The zero-order valence-corrected chi connectivity index (χ0v) is 11.3. The molecule has 0 saturated carbocycles. The number of fused-ring (bicyclic) bond motifs is 1. The number of hydrogen-bond acceptors (Lipinski definition) is 3. The Kier molecular flexibility index (Phi) is 2.95. The van der Waals surface area contributed by atoms with Crippen LogP contribution < -0.4 is 11.2 Å². The van der Waals surface area contributed by atoms with E-state index >= 15 is 0 Å². The van der Waals surface area contributed by atoms with Crippen molar-refractivity contribution in [3.63, 3.8) is 0 Å². The summed E-state index contributed by atoms with van der Waals surface area (Å²) in [6, 6.07) is 0. The SMILES string of the molecule is Cc1csc2c1c(=O)n(C)c(=O)n2CC(C)C. The maximum absolute atomic E-state index is 12.1. The Morgan fingerprint density at radius 2 is 2.00 bits per heavy atom. The van der Waals surface area contributed by atoms with Crippen LogP contribution in [0.4, 0.5) is 0 Å². The Morgan fingerprint density at radius 3 is 2.59 bits per heavy atom. The lowest BCUT2D eigenvalue weighted by molar-refractivity contribution is 0.504. The molecule has 0 aliphatic heterocycles. The second-order valence-corrected chi connectivity index (χ2v) is 5.61. The standard InChI is InChI=1S/C12H16N2O2S/c1-7(2)5-14-11-9(8(3)6-17-11)10(15)13(4)12(14)16/h6-7H,5H2,1-4H3. The van der Waals surface area contributed by atoms with Gasteiger partial charge in [-0.1, -0.05) is 13.8 Å². The minimum Gasteiger partial charge on any atom is -0.284 e. The second kappa shape index (κ2) is 4.14. The molecule has 92 valence electrons. The van der Waals surface area contributed by atoms with Crippen LogP contribution >= 0.6 is 11.3 Å². The fourth-order valence-corrected chi connectivity index (χ4v) is 2.99. The van der Waals surface area contributed by atoms with Gasteiger partial charge in [0.15, 0.2) is 0 Å². The number of rotatable bonds is 2. The van der Waals surface area contributed by atoms with Crippen molar-refractivity contribution in [1.82, 2.24) is 9.13 Å². The van der Waals surface area contributed by atoms with E-state index < -0.39 is 0 Å². The van der Waals surface area contributed by atoms with E-state index in [0.717, 1.165) is 10.4 Å². The first-order valence-corrected chi connectivity index (χ1v) is 6.49. The zero-order valence-electron chi connectivity index (χ0n) is 10.5.